The summed E-state index contributed by atoms with van der Waals surface area (Å²) in [5, 5.41) is 5.81. The van der Waals surface area contributed by atoms with Gasteiger partial charge in [-0.15, -0.1) is 0 Å². The van der Waals surface area contributed by atoms with Gasteiger partial charge in [0.15, 0.2) is 0 Å². The molecule has 1 fully saturated rings. The van der Waals surface area contributed by atoms with E-state index in [0.717, 1.165) is 24.0 Å². The van der Waals surface area contributed by atoms with Crippen molar-refractivity contribution in [2.75, 3.05) is 0 Å². The fourth-order valence-corrected chi connectivity index (χ4v) is 1.89. The van der Waals surface area contributed by atoms with Crippen LogP contribution in [0.15, 0.2) is 24.3 Å². The molecule has 1 saturated carbocycles. The highest BCUT2D eigenvalue weighted by molar-refractivity contribution is 5.74. The molecule has 1 aliphatic carbocycles. The van der Waals surface area contributed by atoms with Gasteiger partial charge in [0.1, 0.15) is 0 Å². The number of carbonyl (C=O) groups excluding carboxylic acids is 1. The fourth-order valence-electron chi connectivity index (χ4n) is 1.89. The summed E-state index contributed by atoms with van der Waals surface area (Å²) < 4.78 is 0. The Kier molecular flexibility index (Phi) is 3.98. The lowest BCUT2D eigenvalue weighted by Crippen LogP contribution is -2.44. The molecule has 0 aliphatic heterocycles. The van der Waals surface area contributed by atoms with Crippen LogP contribution >= 0.6 is 0 Å². The van der Waals surface area contributed by atoms with Crippen molar-refractivity contribution in [3.63, 3.8) is 0 Å². The van der Waals surface area contributed by atoms with Gasteiger partial charge in [-0.1, -0.05) is 24.3 Å². The molecule has 17 heavy (non-hydrogen) atoms. The molecule has 0 aromatic heterocycles. The van der Waals surface area contributed by atoms with Gasteiger partial charge in [-0.05, 0) is 30.4 Å². The fraction of sp³-hybridized carbons (Fsp3) is 0.462. The monoisotopic (exact) mass is 233 g/mol. The van der Waals surface area contributed by atoms with Crippen molar-refractivity contribution in [3.8, 4) is 0 Å². The molecule has 2 amide bonds. The number of urea groups is 1. The number of hydrogen-bond donors (Lipinski definition) is 3. The molecule has 0 atom stereocenters. The van der Waals surface area contributed by atoms with Crippen LogP contribution < -0.4 is 16.4 Å². The first-order chi connectivity index (χ1) is 8.29. The lowest BCUT2D eigenvalue weighted by Gasteiger charge is -2.26. The van der Waals surface area contributed by atoms with E-state index in [9.17, 15) is 4.79 Å². The number of hydrogen-bond acceptors (Lipinski definition) is 2. The van der Waals surface area contributed by atoms with Crippen LogP contribution in [-0.2, 0) is 13.1 Å². The molecule has 1 aromatic carbocycles. The van der Waals surface area contributed by atoms with E-state index in [1.165, 1.54) is 6.42 Å². The molecule has 0 saturated heterocycles. The van der Waals surface area contributed by atoms with Gasteiger partial charge in [-0.2, -0.15) is 0 Å². The summed E-state index contributed by atoms with van der Waals surface area (Å²) >= 11 is 0. The number of amides is 2. The van der Waals surface area contributed by atoms with E-state index in [-0.39, 0.29) is 6.03 Å². The normalized spacial score (nSPS) is 15.1. The Balaban J connectivity index is 1.81. The van der Waals surface area contributed by atoms with Gasteiger partial charge in [0.25, 0.3) is 0 Å². The zero-order valence-electron chi connectivity index (χ0n) is 9.91. The van der Waals surface area contributed by atoms with Crippen molar-refractivity contribution in [2.45, 2.75) is 38.4 Å². The van der Waals surface area contributed by atoms with Crippen molar-refractivity contribution < 1.29 is 4.79 Å². The van der Waals surface area contributed by atoms with Gasteiger partial charge in [0.05, 0.1) is 0 Å². The minimum absolute atomic E-state index is 0.0819. The Morgan fingerprint density at radius 2 is 2.00 bits per heavy atom. The zero-order valence-corrected chi connectivity index (χ0v) is 9.91. The van der Waals surface area contributed by atoms with Gasteiger partial charge < -0.3 is 16.4 Å². The van der Waals surface area contributed by atoms with E-state index >= 15 is 0 Å². The second-order valence-electron chi connectivity index (χ2n) is 4.43. The van der Waals surface area contributed by atoms with E-state index in [0.29, 0.717) is 19.1 Å². The topological polar surface area (TPSA) is 67.1 Å². The number of carbonyl (C=O) groups is 1. The Morgan fingerprint density at radius 3 is 2.59 bits per heavy atom. The highest BCUT2D eigenvalue weighted by atomic mass is 16.2. The average molecular weight is 233 g/mol. The molecule has 1 aromatic rings. The summed E-state index contributed by atoms with van der Waals surface area (Å²) in [7, 11) is 0. The minimum atomic E-state index is -0.0819. The van der Waals surface area contributed by atoms with Crippen molar-refractivity contribution in [3.05, 3.63) is 35.4 Å². The first-order valence-corrected chi connectivity index (χ1v) is 6.11. The van der Waals surface area contributed by atoms with Crippen LogP contribution in [0.1, 0.15) is 30.4 Å². The van der Waals surface area contributed by atoms with Crippen molar-refractivity contribution in [1.82, 2.24) is 10.6 Å². The maximum Gasteiger partial charge on any atom is 0.315 e. The van der Waals surface area contributed by atoms with Crippen LogP contribution in [0.2, 0.25) is 0 Å². The average Bonchev–Trinajstić information content (AvgIpc) is 2.31. The molecule has 0 unspecified atom stereocenters. The van der Waals surface area contributed by atoms with Gasteiger partial charge in [-0.25, -0.2) is 4.79 Å². The Morgan fingerprint density at radius 1 is 1.29 bits per heavy atom. The Bertz CT molecular complexity index is 388. The summed E-state index contributed by atoms with van der Waals surface area (Å²) in [6, 6.07) is 8.19. The van der Waals surface area contributed by atoms with E-state index in [2.05, 4.69) is 10.6 Å². The third-order valence-corrected chi connectivity index (χ3v) is 3.22. The smallest absolute Gasteiger partial charge is 0.315 e. The van der Waals surface area contributed by atoms with Crippen LogP contribution in [0.3, 0.4) is 0 Å². The van der Waals surface area contributed by atoms with E-state index in [1.54, 1.807) is 0 Å². The number of benzene rings is 1. The number of nitrogens with two attached hydrogens (primary N) is 1. The number of rotatable bonds is 4. The molecule has 0 spiro atoms. The molecular weight excluding hydrogens is 214 g/mol. The maximum absolute atomic E-state index is 11.6. The molecule has 92 valence electrons. The lowest BCUT2D eigenvalue weighted by atomic mass is 9.93. The molecule has 2 rings (SSSR count). The second kappa shape index (κ2) is 5.68. The van der Waals surface area contributed by atoms with Crippen LogP contribution in [0.4, 0.5) is 4.79 Å². The molecule has 4 heteroatoms. The molecule has 1 aliphatic rings. The summed E-state index contributed by atoms with van der Waals surface area (Å²) in [5.74, 6) is 0. The SMILES string of the molecule is NCc1ccccc1CNC(=O)NC1CCC1. The third kappa shape index (κ3) is 3.20. The highest BCUT2D eigenvalue weighted by Gasteiger charge is 2.18. The summed E-state index contributed by atoms with van der Waals surface area (Å²) in [6.45, 7) is 1.04. The minimum Gasteiger partial charge on any atom is -0.335 e. The van der Waals surface area contributed by atoms with Gasteiger partial charge in [-0.3, -0.25) is 0 Å². The standard InChI is InChI=1S/C13H19N3O/c14-8-10-4-1-2-5-11(10)9-15-13(17)16-12-6-3-7-12/h1-2,4-5,12H,3,6-9,14H2,(H2,15,16,17). The van der Waals surface area contributed by atoms with Gasteiger partial charge >= 0.3 is 6.03 Å². The van der Waals surface area contributed by atoms with Crippen LogP contribution in [0.5, 0.6) is 0 Å². The van der Waals surface area contributed by atoms with Crippen LogP contribution in [-0.4, -0.2) is 12.1 Å². The quantitative estimate of drug-likeness (QED) is 0.737. The second-order valence-corrected chi connectivity index (χ2v) is 4.43. The van der Waals surface area contributed by atoms with Crippen LogP contribution in [0.25, 0.3) is 0 Å². The molecule has 4 nitrogen and oxygen atoms in total. The molecule has 0 bridgehead atoms. The van der Waals surface area contributed by atoms with Gasteiger partial charge in [0.2, 0.25) is 0 Å². The predicted octanol–water partition coefficient (Wildman–Crippen LogP) is 1.50. The molecule has 0 heterocycles. The van der Waals surface area contributed by atoms with Crippen LogP contribution in [0, 0.1) is 0 Å². The number of nitrogens with one attached hydrogen (secondary N) is 2. The van der Waals surface area contributed by atoms with E-state index in [1.807, 2.05) is 24.3 Å². The first-order valence-electron chi connectivity index (χ1n) is 6.11. The predicted molar refractivity (Wildman–Crippen MR) is 67.3 cm³/mol. The molecule has 4 N–H and O–H groups in total. The largest absolute Gasteiger partial charge is 0.335 e. The van der Waals surface area contributed by atoms with E-state index < -0.39 is 0 Å². The zero-order chi connectivity index (χ0) is 12.1. The lowest BCUT2D eigenvalue weighted by molar-refractivity contribution is 0.228. The van der Waals surface area contributed by atoms with Crippen molar-refractivity contribution in [1.29, 1.82) is 0 Å². The Labute approximate surface area is 102 Å². The van der Waals surface area contributed by atoms with Gasteiger partial charge in [0, 0.05) is 19.1 Å². The highest BCUT2D eigenvalue weighted by Crippen LogP contribution is 2.17. The summed E-state index contributed by atoms with van der Waals surface area (Å²) in [4.78, 5) is 11.6. The first kappa shape index (κ1) is 11.9. The van der Waals surface area contributed by atoms with Crippen molar-refractivity contribution >= 4 is 6.03 Å². The van der Waals surface area contributed by atoms with E-state index in [4.69, 9.17) is 5.73 Å². The van der Waals surface area contributed by atoms with Crippen molar-refractivity contribution in [2.24, 2.45) is 5.73 Å². The summed E-state index contributed by atoms with van der Waals surface area (Å²) in [5.41, 5.74) is 7.80. The molecule has 0 radical (unpaired) electrons. The third-order valence-electron chi connectivity index (χ3n) is 3.22. The maximum atomic E-state index is 11.6. The molecular formula is C13H19N3O. The summed E-state index contributed by atoms with van der Waals surface area (Å²) in [6.07, 6.45) is 3.43. The Hall–Kier alpha value is -1.55.